The van der Waals surface area contributed by atoms with Crippen LogP contribution in [0.1, 0.15) is 31.0 Å². The maximum absolute atomic E-state index is 12.3. The van der Waals surface area contributed by atoms with Gasteiger partial charge in [-0.25, -0.2) is 4.79 Å². The predicted octanol–water partition coefficient (Wildman–Crippen LogP) is 3.90. The number of nitrogens with one attached hydrogen (secondary N) is 2. The Balaban J connectivity index is 2.00. The Morgan fingerprint density at radius 3 is 2.12 bits per heavy atom. The van der Waals surface area contributed by atoms with Gasteiger partial charge < -0.3 is 20.1 Å². The zero-order chi connectivity index (χ0) is 18.2. The van der Waals surface area contributed by atoms with Crippen LogP contribution in [0.2, 0.25) is 0 Å². The van der Waals surface area contributed by atoms with Crippen molar-refractivity contribution in [1.29, 1.82) is 0 Å². The first-order chi connectivity index (χ1) is 12.0. The second-order valence-electron chi connectivity index (χ2n) is 6.18. The van der Waals surface area contributed by atoms with Crippen molar-refractivity contribution in [3.63, 3.8) is 0 Å². The average Bonchev–Trinajstić information content (AvgIpc) is 2.64. The van der Waals surface area contributed by atoms with Crippen molar-refractivity contribution < 1.29 is 14.3 Å². The minimum absolute atomic E-state index is 0.0407. The summed E-state index contributed by atoms with van der Waals surface area (Å²) in [4.78, 5) is 12.3. The maximum atomic E-state index is 12.3. The zero-order valence-electron chi connectivity index (χ0n) is 15.2. The summed E-state index contributed by atoms with van der Waals surface area (Å²) in [7, 11) is 3.21. The lowest BCUT2D eigenvalue weighted by atomic mass is 9.96. The van der Waals surface area contributed by atoms with E-state index in [1.165, 1.54) is 0 Å². The summed E-state index contributed by atoms with van der Waals surface area (Å²) in [5.41, 5.74) is 2.00. The second-order valence-corrected chi connectivity index (χ2v) is 6.18. The summed E-state index contributed by atoms with van der Waals surface area (Å²) in [6.07, 6.45) is 0. The largest absolute Gasteiger partial charge is 0.497 e. The van der Waals surface area contributed by atoms with Crippen molar-refractivity contribution >= 4 is 6.03 Å². The zero-order valence-corrected chi connectivity index (χ0v) is 15.2. The van der Waals surface area contributed by atoms with Crippen LogP contribution >= 0.6 is 0 Å². The van der Waals surface area contributed by atoms with E-state index in [1.807, 2.05) is 42.5 Å². The minimum atomic E-state index is -0.204. The van der Waals surface area contributed by atoms with Gasteiger partial charge in [-0.1, -0.05) is 44.2 Å². The molecule has 2 aromatic carbocycles. The molecule has 2 amide bonds. The molecule has 0 bridgehead atoms. The molecule has 2 N–H and O–H groups in total. The molecule has 2 rings (SSSR count). The molecule has 0 aromatic heterocycles. The summed E-state index contributed by atoms with van der Waals surface area (Å²) in [6, 6.07) is 15.3. The molecule has 5 heteroatoms. The highest BCUT2D eigenvalue weighted by Crippen LogP contribution is 2.23. The van der Waals surface area contributed by atoms with Crippen molar-refractivity contribution in [1.82, 2.24) is 10.6 Å². The molecule has 0 aliphatic heterocycles. The predicted molar refractivity (Wildman–Crippen MR) is 98.9 cm³/mol. The van der Waals surface area contributed by atoms with Crippen LogP contribution in [0.4, 0.5) is 4.79 Å². The number of benzene rings is 2. The van der Waals surface area contributed by atoms with Gasteiger partial charge in [-0.05, 0) is 29.2 Å². The first kappa shape index (κ1) is 18.6. The third-order valence-electron chi connectivity index (χ3n) is 3.98. The number of methoxy groups -OCH3 is 2. The number of ether oxygens (including phenoxy) is 2. The standard InChI is InChI=1S/C20H26N2O3/c1-14(2)19(16-8-6-5-7-9-16)22-20(23)21-13-15-10-17(24-3)12-18(11-15)25-4/h5-12,14,19H,13H2,1-4H3,(H2,21,22,23). The fourth-order valence-corrected chi connectivity index (χ4v) is 2.64. The van der Waals surface area contributed by atoms with Gasteiger partial charge in [-0.15, -0.1) is 0 Å². The SMILES string of the molecule is COc1cc(CNC(=O)NC(c2ccccc2)C(C)C)cc(OC)c1. The normalized spacial score (nSPS) is 11.7. The Bertz CT molecular complexity index is 664. The molecule has 5 nitrogen and oxygen atoms in total. The first-order valence-corrected chi connectivity index (χ1v) is 8.34. The number of urea groups is 1. The van der Waals surface area contributed by atoms with Crippen LogP contribution < -0.4 is 20.1 Å². The number of hydrogen-bond acceptors (Lipinski definition) is 3. The summed E-state index contributed by atoms with van der Waals surface area (Å²) >= 11 is 0. The van der Waals surface area contributed by atoms with Gasteiger partial charge in [0, 0.05) is 12.6 Å². The summed E-state index contributed by atoms with van der Waals surface area (Å²) in [5, 5.41) is 5.94. The van der Waals surface area contributed by atoms with E-state index < -0.39 is 0 Å². The topological polar surface area (TPSA) is 59.6 Å². The molecule has 1 atom stereocenters. The molecule has 0 radical (unpaired) electrons. The van der Waals surface area contributed by atoms with E-state index in [4.69, 9.17) is 9.47 Å². The van der Waals surface area contributed by atoms with Crippen LogP contribution in [0.15, 0.2) is 48.5 Å². The second kappa shape index (κ2) is 8.97. The van der Waals surface area contributed by atoms with Crippen LogP contribution in [0.5, 0.6) is 11.5 Å². The molecule has 0 saturated carbocycles. The highest BCUT2D eigenvalue weighted by Gasteiger charge is 2.17. The molecule has 0 heterocycles. The fraction of sp³-hybridized carbons (Fsp3) is 0.350. The summed E-state index contributed by atoms with van der Waals surface area (Å²) < 4.78 is 10.5. The number of amides is 2. The Kier molecular flexibility index (Phi) is 6.69. The van der Waals surface area contributed by atoms with Gasteiger partial charge in [-0.3, -0.25) is 0 Å². The lowest BCUT2D eigenvalue weighted by Gasteiger charge is -2.23. The van der Waals surface area contributed by atoms with Gasteiger partial charge >= 0.3 is 6.03 Å². The first-order valence-electron chi connectivity index (χ1n) is 8.34. The maximum Gasteiger partial charge on any atom is 0.315 e. The van der Waals surface area contributed by atoms with Crippen LogP contribution in [0, 0.1) is 5.92 Å². The Labute approximate surface area is 149 Å². The molecule has 0 aliphatic rings. The molecular formula is C20H26N2O3. The van der Waals surface area contributed by atoms with E-state index in [0.717, 1.165) is 11.1 Å². The fourth-order valence-electron chi connectivity index (χ4n) is 2.64. The van der Waals surface area contributed by atoms with Crippen molar-refractivity contribution in [2.24, 2.45) is 5.92 Å². The lowest BCUT2D eigenvalue weighted by Crippen LogP contribution is -2.39. The van der Waals surface area contributed by atoms with E-state index >= 15 is 0 Å². The van der Waals surface area contributed by atoms with Gasteiger partial charge in [0.15, 0.2) is 0 Å². The van der Waals surface area contributed by atoms with Gasteiger partial charge in [0.25, 0.3) is 0 Å². The Morgan fingerprint density at radius 1 is 1.00 bits per heavy atom. The van der Waals surface area contributed by atoms with E-state index in [2.05, 4.69) is 24.5 Å². The molecule has 0 spiro atoms. The molecule has 0 aliphatic carbocycles. The number of hydrogen-bond donors (Lipinski definition) is 2. The molecular weight excluding hydrogens is 316 g/mol. The van der Waals surface area contributed by atoms with E-state index in [1.54, 1.807) is 20.3 Å². The number of carbonyl (C=O) groups is 1. The molecule has 2 aromatic rings. The molecule has 1 unspecified atom stereocenters. The Hall–Kier alpha value is -2.69. The van der Waals surface area contributed by atoms with Crippen molar-refractivity contribution in [3.05, 3.63) is 59.7 Å². The molecule has 0 saturated heterocycles. The summed E-state index contributed by atoms with van der Waals surface area (Å²) in [6.45, 7) is 4.56. The van der Waals surface area contributed by atoms with Gasteiger partial charge in [0.05, 0.1) is 20.3 Å². The lowest BCUT2D eigenvalue weighted by molar-refractivity contribution is 0.232. The monoisotopic (exact) mass is 342 g/mol. The van der Waals surface area contributed by atoms with Gasteiger partial charge in [0.1, 0.15) is 11.5 Å². The average molecular weight is 342 g/mol. The summed E-state index contributed by atoms with van der Waals surface area (Å²) in [5.74, 6) is 1.67. The van der Waals surface area contributed by atoms with Crippen molar-refractivity contribution in [2.75, 3.05) is 14.2 Å². The highest BCUT2D eigenvalue weighted by atomic mass is 16.5. The van der Waals surface area contributed by atoms with Crippen LogP contribution in [0.3, 0.4) is 0 Å². The van der Waals surface area contributed by atoms with E-state index in [9.17, 15) is 4.79 Å². The van der Waals surface area contributed by atoms with Crippen LogP contribution in [0.25, 0.3) is 0 Å². The van der Waals surface area contributed by atoms with Gasteiger partial charge in [-0.2, -0.15) is 0 Å². The highest BCUT2D eigenvalue weighted by molar-refractivity contribution is 5.74. The van der Waals surface area contributed by atoms with E-state index in [0.29, 0.717) is 18.0 Å². The van der Waals surface area contributed by atoms with Crippen molar-refractivity contribution in [2.45, 2.75) is 26.4 Å². The van der Waals surface area contributed by atoms with Crippen molar-refractivity contribution in [3.8, 4) is 11.5 Å². The number of carbonyl (C=O) groups excluding carboxylic acids is 1. The molecule has 134 valence electrons. The van der Waals surface area contributed by atoms with E-state index in [-0.39, 0.29) is 18.0 Å². The quantitative estimate of drug-likeness (QED) is 0.802. The third kappa shape index (κ3) is 5.41. The third-order valence-corrected chi connectivity index (χ3v) is 3.98. The van der Waals surface area contributed by atoms with Crippen LogP contribution in [-0.4, -0.2) is 20.3 Å². The smallest absolute Gasteiger partial charge is 0.315 e. The Morgan fingerprint density at radius 2 is 1.60 bits per heavy atom. The van der Waals surface area contributed by atoms with Crippen LogP contribution in [-0.2, 0) is 6.54 Å². The molecule has 25 heavy (non-hydrogen) atoms. The molecule has 0 fully saturated rings. The van der Waals surface area contributed by atoms with Gasteiger partial charge in [0.2, 0.25) is 0 Å². The number of rotatable bonds is 7. The minimum Gasteiger partial charge on any atom is -0.497 e.